The molecule has 1 atom stereocenters. The van der Waals surface area contributed by atoms with Gasteiger partial charge in [-0.05, 0) is 26.0 Å². The average Bonchev–Trinajstić information content (AvgIpc) is 2.77. The average molecular weight is 267 g/mol. The second-order valence-corrected chi connectivity index (χ2v) is 5.57. The second-order valence-electron chi connectivity index (χ2n) is 4.66. The Balaban J connectivity index is 2.20. The van der Waals surface area contributed by atoms with Gasteiger partial charge in [-0.2, -0.15) is 11.8 Å². The van der Waals surface area contributed by atoms with Gasteiger partial charge in [-0.15, -0.1) is 0 Å². The zero-order chi connectivity index (χ0) is 13.0. The van der Waals surface area contributed by atoms with Crippen LogP contribution in [0.15, 0.2) is 6.07 Å². The first kappa shape index (κ1) is 13.6. The lowest BCUT2D eigenvalue weighted by atomic mass is 10.2. The van der Waals surface area contributed by atoms with Crippen LogP contribution in [0.5, 0.6) is 0 Å². The van der Waals surface area contributed by atoms with Crippen molar-refractivity contribution in [2.75, 3.05) is 30.6 Å². The molecule has 18 heavy (non-hydrogen) atoms. The lowest BCUT2D eigenvalue weighted by Crippen LogP contribution is -2.32. The quantitative estimate of drug-likeness (QED) is 0.818. The maximum absolute atomic E-state index is 5.13. The molecule has 1 aromatic rings. The standard InChI is InChI=1S/C13H21N3OS/c1-10-7-13(15-12(14-10)8-17-2)16-6-4-5-11(16)9-18-3/h7,11H,4-6,8-9H2,1-3H3. The number of thioether (sulfide) groups is 1. The van der Waals surface area contributed by atoms with Gasteiger partial charge in [-0.1, -0.05) is 0 Å². The highest BCUT2D eigenvalue weighted by atomic mass is 32.2. The number of hydrogen-bond donors (Lipinski definition) is 0. The SMILES string of the molecule is COCc1nc(C)cc(N2CCCC2CSC)n1. The molecule has 100 valence electrons. The van der Waals surface area contributed by atoms with Crippen LogP contribution in [0.2, 0.25) is 0 Å². The second kappa shape index (κ2) is 6.38. The lowest BCUT2D eigenvalue weighted by Gasteiger charge is -2.25. The van der Waals surface area contributed by atoms with Gasteiger partial charge in [0.15, 0.2) is 5.82 Å². The van der Waals surface area contributed by atoms with Gasteiger partial charge in [0.05, 0.1) is 0 Å². The Morgan fingerprint density at radius 2 is 2.33 bits per heavy atom. The molecule has 0 spiro atoms. The smallest absolute Gasteiger partial charge is 0.156 e. The third kappa shape index (κ3) is 3.14. The van der Waals surface area contributed by atoms with Crippen LogP contribution < -0.4 is 4.90 Å². The Hall–Kier alpha value is -0.810. The fourth-order valence-electron chi connectivity index (χ4n) is 2.46. The van der Waals surface area contributed by atoms with Gasteiger partial charge in [-0.3, -0.25) is 0 Å². The van der Waals surface area contributed by atoms with Crippen LogP contribution in [0, 0.1) is 6.92 Å². The maximum atomic E-state index is 5.13. The van der Waals surface area contributed by atoms with Gasteiger partial charge in [0.25, 0.3) is 0 Å². The van der Waals surface area contributed by atoms with Gasteiger partial charge in [-0.25, -0.2) is 9.97 Å². The molecule has 0 N–H and O–H groups in total. The van der Waals surface area contributed by atoms with Gasteiger partial charge < -0.3 is 9.64 Å². The molecule has 1 unspecified atom stereocenters. The van der Waals surface area contributed by atoms with Crippen molar-refractivity contribution in [2.24, 2.45) is 0 Å². The molecule has 1 saturated heterocycles. The third-order valence-corrected chi connectivity index (χ3v) is 3.91. The Bertz CT molecular complexity index is 400. The van der Waals surface area contributed by atoms with Crippen molar-refractivity contribution < 1.29 is 4.74 Å². The Morgan fingerprint density at radius 3 is 3.06 bits per heavy atom. The minimum Gasteiger partial charge on any atom is -0.377 e. The molecule has 0 aromatic carbocycles. The zero-order valence-corrected chi connectivity index (χ0v) is 12.2. The summed E-state index contributed by atoms with van der Waals surface area (Å²) in [5.74, 6) is 3.01. The van der Waals surface area contributed by atoms with E-state index in [1.807, 2.05) is 18.7 Å². The number of anilines is 1. The summed E-state index contributed by atoms with van der Waals surface area (Å²) in [6.45, 7) is 3.60. The number of aryl methyl sites for hydroxylation is 1. The van der Waals surface area contributed by atoms with E-state index in [4.69, 9.17) is 4.74 Å². The number of rotatable bonds is 5. The minimum atomic E-state index is 0.482. The van der Waals surface area contributed by atoms with Gasteiger partial charge in [0.2, 0.25) is 0 Å². The molecule has 1 aliphatic heterocycles. The summed E-state index contributed by atoms with van der Waals surface area (Å²) in [5.41, 5.74) is 1.02. The number of aromatic nitrogens is 2. The molecule has 5 heteroatoms. The van der Waals surface area contributed by atoms with Gasteiger partial charge in [0, 0.05) is 37.2 Å². The highest BCUT2D eigenvalue weighted by Crippen LogP contribution is 2.26. The van der Waals surface area contributed by atoms with E-state index in [1.54, 1.807) is 7.11 Å². The fraction of sp³-hybridized carbons (Fsp3) is 0.692. The first-order valence-electron chi connectivity index (χ1n) is 6.33. The Labute approximate surface area is 113 Å². The number of ether oxygens (including phenoxy) is 1. The van der Waals surface area contributed by atoms with Crippen molar-refractivity contribution in [1.82, 2.24) is 9.97 Å². The summed E-state index contributed by atoms with van der Waals surface area (Å²) in [7, 11) is 1.68. The molecule has 0 bridgehead atoms. The topological polar surface area (TPSA) is 38.2 Å². The molecular weight excluding hydrogens is 246 g/mol. The van der Waals surface area contributed by atoms with Gasteiger partial charge >= 0.3 is 0 Å². The summed E-state index contributed by atoms with van der Waals surface area (Å²) in [6.07, 6.45) is 4.69. The van der Waals surface area contributed by atoms with Crippen molar-refractivity contribution >= 4 is 17.6 Å². The number of hydrogen-bond acceptors (Lipinski definition) is 5. The van der Waals surface area contributed by atoms with Crippen LogP contribution in [-0.2, 0) is 11.3 Å². The molecule has 0 amide bonds. The van der Waals surface area contributed by atoms with E-state index < -0.39 is 0 Å². The molecular formula is C13H21N3OS. The van der Waals surface area contributed by atoms with E-state index in [2.05, 4.69) is 27.2 Å². The summed E-state index contributed by atoms with van der Waals surface area (Å²) in [5, 5.41) is 0. The van der Waals surface area contributed by atoms with Crippen molar-refractivity contribution in [1.29, 1.82) is 0 Å². The zero-order valence-electron chi connectivity index (χ0n) is 11.3. The van der Waals surface area contributed by atoms with Crippen LogP contribution in [-0.4, -0.2) is 41.7 Å². The van der Waals surface area contributed by atoms with E-state index in [9.17, 15) is 0 Å². The summed E-state index contributed by atoms with van der Waals surface area (Å²) in [6, 6.07) is 2.70. The maximum Gasteiger partial charge on any atom is 0.156 e. The van der Waals surface area contributed by atoms with Crippen molar-refractivity contribution in [3.63, 3.8) is 0 Å². The van der Waals surface area contributed by atoms with Crippen LogP contribution in [0.3, 0.4) is 0 Å². The largest absolute Gasteiger partial charge is 0.377 e. The van der Waals surface area contributed by atoms with Crippen LogP contribution >= 0.6 is 11.8 Å². The number of nitrogens with zero attached hydrogens (tertiary/aromatic N) is 3. The predicted molar refractivity (Wildman–Crippen MR) is 76.2 cm³/mol. The molecule has 0 saturated carbocycles. The first-order chi connectivity index (χ1) is 8.74. The predicted octanol–water partition coefficient (Wildman–Crippen LogP) is 2.26. The molecule has 1 fully saturated rings. The minimum absolute atomic E-state index is 0.482. The third-order valence-electron chi connectivity index (χ3n) is 3.19. The molecule has 0 radical (unpaired) electrons. The molecule has 0 aliphatic carbocycles. The van der Waals surface area contributed by atoms with Crippen LogP contribution in [0.4, 0.5) is 5.82 Å². The molecule has 1 aliphatic rings. The molecule has 2 rings (SSSR count). The highest BCUT2D eigenvalue weighted by molar-refractivity contribution is 7.98. The fourth-order valence-corrected chi connectivity index (χ4v) is 3.19. The summed E-state index contributed by atoms with van der Waals surface area (Å²) < 4.78 is 5.13. The Kier molecular flexibility index (Phi) is 4.83. The number of methoxy groups -OCH3 is 1. The highest BCUT2D eigenvalue weighted by Gasteiger charge is 2.25. The molecule has 2 heterocycles. The normalized spacial score (nSPS) is 19.5. The van der Waals surface area contributed by atoms with Crippen molar-refractivity contribution in [3.05, 3.63) is 17.6 Å². The van der Waals surface area contributed by atoms with Crippen molar-refractivity contribution in [3.8, 4) is 0 Å². The summed E-state index contributed by atoms with van der Waals surface area (Å²) in [4.78, 5) is 11.4. The van der Waals surface area contributed by atoms with Crippen LogP contribution in [0.1, 0.15) is 24.4 Å². The Morgan fingerprint density at radius 1 is 1.50 bits per heavy atom. The molecule has 4 nitrogen and oxygen atoms in total. The van der Waals surface area contributed by atoms with E-state index in [-0.39, 0.29) is 0 Å². The van der Waals surface area contributed by atoms with Gasteiger partial charge in [0.1, 0.15) is 12.4 Å². The molecule has 1 aromatic heterocycles. The van der Waals surface area contributed by atoms with E-state index in [1.165, 1.54) is 18.6 Å². The summed E-state index contributed by atoms with van der Waals surface area (Å²) >= 11 is 1.91. The monoisotopic (exact) mass is 267 g/mol. The lowest BCUT2D eigenvalue weighted by molar-refractivity contribution is 0.177. The van der Waals surface area contributed by atoms with Crippen LogP contribution in [0.25, 0.3) is 0 Å². The van der Waals surface area contributed by atoms with E-state index in [0.717, 1.165) is 23.9 Å². The van der Waals surface area contributed by atoms with Crippen molar-refractivity contribution in [2.45, 2.75) is 32.4 Å². The van der Waals surface area contributed by atoms with E-state index in [0.29, 0.717) is 12.6 Å². The van der Waals surface area contributed by atoms with E-state index >= 15 is 0 Å². The first-order valence-corrected chi connectivity index (χ1v) is 7.73.